The summed E-state index contributed by atoms with van der Waals surface area (Å²) >= 11 is 0. The van der Waals surface area contributed by atoms with Gasteiger partial charge < -0.3 is 5.11 Å². The van der Waals surface area contributed by atoms with Gasteiger partial charge in [-0.2, -0.15) is 0 Å². The van der Waals surface area contributed by atoms with Gasteiger partial charge in [-0.05, 0) is 24.7 Å². The fourth-order valence-corrected chi connectivity index (χ4v) is 5.10. The van der Waals surface area contributed by atoms with Crippen LogP contribution in [0.3, 0.4) is 0 Å². The molecule has 0 fully saturated rings. The Morgan fingerprint density at radius 1 is 0.581 bits per heavy atom. The molecule has 0 bridgehead atoms. The van der Waals surface area contributed by atoms with Crippen LogP contribution in [0, 0.1) is 17.8 Å². The van der Waals surface area contributed by atoms with E-state index in [0.717, 1.165) is 12.8 Å². The van der Waals surface area contributed by atoms with E-state index in [1.165, 1.54) is 122 Å². The lowest BCUT2D eigenvalue weighted by atomic mass is 9.82. The zero-order valence-electron chi connectivity index (χ0n) is 21.9. The zero-order valence-corrected chi connectivity index (χ0v) is 21.9. The van der Waals surface area contributed by atoms with Gasteiger partial charge in [-0.3, -0.25) is 4.79 Å². The topological polar surface area (TPSA) is 37.3 Å². The maximum Gasteiger partial charge on any atom is 0.306 e. The molecule has 0 rings (SSSR count). The summed E-state index contributed by atoms with van der Waals surface area (Å²) in [5, 5.41) is 9.75. The monoisotopic (exact) mass is 438 g/mol. The number of carboxylic acids is 1. The van der Waals surface area contributed by atoms with Gasteiger partial charge >= 0.3 is 5.97 Å². The van der Waals surface area contributed by atoms with Crippen molar-refractivity contribution in [3.63, 3.8) is 0 Å². The quantitative estimate of drug-likeness (QED) is 0.152. The van der Waals surface area contributed by atoms with Crippen LogP contribution in [-0.2, 0) is 4.79 Å². The van der Waals surface area contributed by atoms with Crippen LogP contribution in [0.1, 0.15) is 163 Å². The zero-order chi connectivity index (χ0) is 23.2. The largest absolute Gasteiger partial charge is 0.481 e. The molecule has 0 aliphatic heterocycles. The lowest BCUT2D eigenvalue weighted by Crippen LogP contribution is -2.20. The van der Waals surface area contributed by atoms with E-state index < -0.39 is 5.97 Å². The molecule has 0 radical (unpaired) electrons. The highest BCUT2D eigenvalue weighted by Crippen LogP contribution is 2.29. The number of carbonyl (C=O) groups is 1. The SMILES string of the molecule is CCCCCCCCCCCCCCCC(C)CC(CC(CCC)CCCC)C(=O)O. The van der Waals surface area contributed by atoms with Gasteiger partial charge in [0.05, 0.1) is 5.92 Å². The van der Waals surface area contributed by atoms with Gasteiger partial charge in [0.15, 0.2) is 0 Å². The lowest BCUT2D eigenvalue weighted by Gasteiger charge is -2.23. The van der Waals surface area contributed by atoms with Crippen LogP contribution in [0.2, 0.25) is 0 Å². The standard InChI is InChI=1S/C29H58O2/c1-5-8-10-11-12-13-14-15-16-17-18-19-20-22-26(4)24-28(29(30)31)25-27(21-7-3)23-9-6-2/h26-28H,5-25H2,1-4H3,(H,30,31). The van der Waals surface area contributed by atoms with Crippen LogP contribution in [0.5, 0.6) is 0 Å². The van der Waals surface area contributed by atoms with Gasteiger partial charge in [0.2, 0.25) is 0 Å². The fourth-order valence-electron chi connectivity index (χ4n) is 5.10. The van der Waals surface area contributed by atoms with Crippen LogP contribution in [0.4, 0.5) is 0 Å². The molecule has 186 valence electrons. The molecule has 0 spiro atoms. The number of carboxylic acid groups (broad SMARTS) is 1. The number of hydrogen-bond acceptors (Lipinski definition) is 1. The molecule has 0 aromatic carbocycles. The van der Waals surface area contributed by atoms with Gasteiger partial charge in [-0.1, -0.05) is 150 Å². The van der Waals surface area contributed by atoms with Crippen molar-refractivity contribution in [1.29, 1.82) is 0 Å². The summed E-state index contributed by atoms with van der Waals surface area (Å²) in [6.45, 7) is 9.02. The number of rotatable bonds is 24. The van der Waals surface area contributed by atoms with E-state index in [-0.39, 0.29) is 5.92 Å². The van der Waals surface area contributed by atoms with Crippen molar-refractivity contribution in [2.45, 2.75) is 163 Å². The second-order valence-electron chi connectivity index (χ2n) is 10.4. The second-order valence-corrected chi connectivity index (χ2v) is 10.4. The first kappa shape index (κ1) is 30.5. The minimum Gasteiger partial charge on any atom is -0.481 e. The summed E-state index contributed by atoms with van der Waals surface area (Å²) in [6, 6.07) is 0. The summed E-state index contributed by atoms with van der Waals surface area (Å²) in [5.74, 6) is 0.456. The van der Waals surface area contributed by atoms with E-state index in [9.17, 15) is 9.90 Å². The maximum absolute atomic E-state index is 11.8. The molecule has 0 aliphatic carbocycles. The van der Waals surface area contributed by atoms with Gasteiger partial charge in [-0.15, -0.1) is 0 Å². The van der Waals surface area contributed by atoms with Crippen molar-refractivity contribution in [2.24, 2.45) is 17.8 Å². The van der Waals surface area contributed by atoms with E-state index in [4.69, 9.17) is 0 Å². The first-order valence-electron chi connectivity index (χ1n) is 14.3. The van der Waals surface area contributed by atoms with E-state index in [0.29, 0.717) is 11.8 Å². The molecule has 2 heteroatoms. The van der Waals surface area contributed by atoms with Gasteiger partial charge in [0.25, 0.3) is 0 Å². The molecule has 0 saturated carbocycles. The van der Waals surface area contributed by atoms with Crippen LogP contribution >= 0.6 is 0 Å². The van der Waals surface area contributed by atoms with E-state index in [1.54, 1.807) is 0 Å². The Morgan fingerprint density at radius 3 is 1.52 bits per heavy atom. The normalized spacial score (nSPS) is 14.5. The second kappa shape index (κ2) is 22.7. The minimum atomic E-state index is -0.560. The molecule has 0 amide bonds. The average Bonchev–Trinajstić information content (AvgIpc) is 2.74. The van der Waals surface area contributed by atoms with Gasteiger partial charge in [0, 0.05) is 0 Å². The summed E-state index contributed by atoms with van der Waals surface area (Å²) < 4.78 is 0. The Bertz CT molecular complexity index is 379. The molecule has 3 atom stereocenters. The van der Waals surface area contributed by atoms with Crippen LogP contribution in [0.25, 0.3) is 0 Å². The van der Waals surface area contributed by atoms with Crippen molar-refractivity contribution in [3.8, 4) is 0 Å². The van der Waals surface area contributed by atoms with E-state index in [1.807, 2.05) is 0 Å². The summed E-state index contributed by atoms with van der Waals surface area (Å²) in [5.41, 5.74) is 0. The molecule has 31 heavy (non-hydrogen) atoms. The highest BCUT2D eigenvalue weighted by molar-refractivity contribution is 5.69. The highest BCUT2D eigenvalue weighted by Gasteiger charge is 2.24. The van der Waals surface area contributed by atoms with E-state index >= 15 is 0 Å². The summed E-state index contributed by atoms with van der Waals surface area (Å²) in [7, 11) is 0. The van der Waals surface area contributed by atoms with E-state index in [2.05, 4.69) is 27.7 Å². The number of hydrogen-bond donors (Lipinski definition) is 1. The Labute approximate surface area is 196 Å². The Hall–Kier alpha value is -0.530. The molecule has 0 aromatic heterocycles. The smallest absolute Gasteiger partial charge is 0.306 e. The minimum absolute atomic E-state index is 0.134. The maximum atomic E-state index is 11.8. The van der Waals surface area contributed by atoms with Gasteiger partial charge in [0.1, 0.15) is 0 Å². The molecule has 1 N–H and O–H groups in total. The average molecular weight is 439 g/mol. The van der Waals surface area contributed by atoms with Crippen molar-refractivity contribution in [3.05, 3.63) is 0 Å². The first-order valence-corrected chi connectivity index (χ1v) is 14.3. The molecule has 0 saturated heterocycles. The number of aliphatic carboxylic acids is 1. The third kappa shape index (κ3) is 19.9. The Kier molecular flexibility index (Phi) is 22.3. The summed E-state index contributed by atoms with van der Waals surface area (Å²) in [6.07, 6.45) is 27.1. The predicted molar refractivity (Wildman–Crippen MR) is 138 cm³/mol. The van der Waals surface area contributed by atoms with Crippen LogP contribution in [-0.4, -0.2) is 11.1 Å². The Morgan fingerprint density at radius 2 is 1.06 bits per heavy atom. The third-order valence-electron chi connectivity index (χ3n) is 7.12. The molecule has 2 nitrogen and oxygen atoms in total. The van der Waals surface area contributed by atoms with Crippen molar-refractivity contribution < 1.29 is 9.90 Å². The fraction of sp³-hybridized carbons (Fsp3) is 0.966. The summed E-state index contributed by atoms with van der Waals surface area (Å²) in [4.78, 5) is 11.8. The molecule has 3 unspecified atom stereocenters. The van der Waals surface area contributed by atoms with Crippen molar-refractivity contribution >= 4 is 5.97 Å². The van der Waals surface area contributed by atoms with Crippen molar-refractivity contribution in [2.75, 3.05) is 0 Å². The molecular formula is C29H58O2. The molecule has 0 heterocycles. The van der Waals surface area contributed by atoms with Crippen LogP contribution in [0.15, 0.2) is 0 Å². The Balaban J connectivity index is 3.80. The number of unbranched alkanes of at least 4 members (excludes halogenated alkanes) is 13. The lowest BCUT2D eigenvalue weighted by molar-refractivity contribution is -0.143. The molecule has 0 aromatic rings. The molecular weight excluding hydrogens is 380 g/mol. The third-order valence-corrected chi connectivity index (χ3v) is 7.12. The first-order chi connectivity index (χ1) is 15.0. The van der Waals surface area contributed by atoms with Crippen LogP contribution < -0.4 is 0 Å². The molecule has 0 aliphatic rings. The van der Waals surface area contributed by atoms with Crippen molar-refractivity contribution in [1.82, 2.24) is 0 Å². The highest BCUT2D eigenvalue weighted by atomic mass is 16.4. The van der Waals surface area contributed by atoms with Gasteiger partial charge in [-0.25, -0.2) is 0 Å². The predicted octanol–water partition coefficient (Wildman–Crippen LogP) is 10.2.